The van der Waals surface area contributed by atoms with Gasteiger partial charge in [-0.05, 0) is 18.6 Å². The average Bonchev–Trinajstić information content (AvgIpc) is 2.50. The van der Waals surface area contributed by atoms with Crippen molar-refractivity contribution >= 4 is 17.7 Å². The Kier molecular flexibility index (Phi) is 5.83. The Morgan fingerprint density at radius 1 is 1.33 bits per heavy atom. The van der Waals surface area contributed by atoms with Crippen molar-refractivity contribution in [1.29, 1.82) is 0 Å². The topological polar surface area (TPSA) is 78.5 Å². The Morgan fingerprint density at radius 2 is 2.08 bits per heavy atom. The van der Waals surface area contributed by atoms with E-state index in [1.165, 1.54) is 0 Å². The van der Waals surface area contributed by atoms with E-state index in [1.54, 1.807) is 11.9 Å². The van der Waals surface area contributed by atoms with Gasteiger partial charge in [0.1, 0.15) is 11.6 Å². The predicted molar refractivity (Wildman–Crippen MR) is 82.1 cm³/mol. The van der Waals surface area contributed by atoms with Crippen molar-refractivity contribution in [3.63, 3.8) is 0 Å². The van der Waals surface area contributed by atoms with Crippen LogP contribution in [0.2, 0.25) is 0 Å². The van der Waals surface area contributed by atoms with Gasteiger partial charge in [-0.1, -0.05) is 0 Å². The Hall–Kier alpha value is -2.51. The molecule has 0 saturated carbocycles. The lowest BCUT2D eigenvalue weighted by Gasteiger charge is -2.30. The van der Waals surface area contributed by atoms with Crippen molar-refractivity contribution in [1.82, 2.24) is 15.5 Å². The van der Waals surface area contributed by atoms with Crippen LogP contribution >= 0.6 is 0 Å². The van der Waals surface area contributed by atoms with Crippen LogP contribution in [0, 0.1) is 11.6 Å². The number of hydrogen-bond donors (Lipinski definition) is 2. The molecule has 0 radical (unpaired) electrons. The van der Waals surface area contributed by atoms with Gasteiger partial charge in [0, 0.05) is 45.1 Å². The zero-order chi connectivity index (χ0) is 17.7. The molecule has 130 valence electrons. The summed E-state index contributed by atoms with van der Waals surface area (Å²) in [6, 6.07) is 2.56. The van der Waals surface area contributed by atoms with Crippen molar-refractivity contribution < 1.29 is 23.2 Å². The summed E-state index contributed by atoms with van der Waals surface area (Å²) in [6.07, 6.45) is 1.01. The number of likely N-dealkylation sites (N-methyl/N-ethyl adjacent to an activating group) is 1. The number of halogens is 2. The molecule has 1 aliphatic heterocycles. The van der Waals surface area contributed by atoms with Crippen molar-refractivity contribution in [3.05, 3.63) is 35.4 Å². The predicted octanol–water partition coefficient (Wildman–Crippen LogP) is 0.822. The lowest BCUT2D eigenvalue weighted by Crippen LogP contribution is -2.48. The molecule has 1 aromatic rings. The fraction of sp³-hybridized carbons (Fsp3) is 0.438. The van der Waals surface area contributed by atoms with Crippen LogP contribution in [0.15, 0.2) is 18.2 Å². The molecule has 3 amide bonds. The van der Waals surface area contributed by atoms with E-state index in [1.807, 2.05) is 0 Å². The maximum atomic E-state index is 13.5. The summed E-state index contributed by atoms with van der Waals surface area (Å²) in [7, 11) is 1.68. The standard InChI is InChI=1S/C16H19F2N3O3/c1-21-9-11(3-5-15(21)23)20-14(22)6-7-19-16(24)12-4-2-10(17)8-13(12)18/h2,4,8,11H,3,5-7,9H2,1H3,(H,19,24)(H,20,22)/t11-/m0/s1. The maximum absolute atomic E-state index is 13.5. The van der Waals surface area contributed by atoms with Crippen LogP contribution in [0.1, 0.15) is 29.6 Å². The van der Waals surface area contributed by atoms with E-state index in [9.17, 15) is 23.2 Å². The summed E-state index contributed by atoms with van der Waals surface area (Å²) < 4.78 is 26.2. The van der Waals surface area contributed by atoms with Crippen LogP contribution in [0.3, 0.4) is 0 Å². The number of hydrogen-bond acceptors (Lipinski definition) is 3. The molecular weight excluding hydrogens is 320 g/mol. The molecule has 1 aliphatic rings. The van der Waals surface area contributed by atoms with Gasteiger partial charge in [-0.15, -0.1) is 0 Å². The molecule has 24 heavy (non-hydrogen) atoms. The third-order valence-corrected chi connectivity index (χ3v) is 3.81. The largest absolute Gasteiger partial charge is 0.352 e. The third-order valence-electron chi connectivity index (χ3n) is 3.81. The third kappa shape index (κ3) is 4.74. The molecule has 1 atom stereocenters. The quantitative estimate of drug-likeness (QED) is 0.834. The summed E-state index contributed by atoms with van der Waals surface area (Å²) in [5, 5.41) is 5.21. The van der Waals surface area contributed by atoms with Crippen molar-refractivity contribution in [2.45, 2.75) is 25.3 Å². The van der Waals surface area contributed by atoms with Gasteiger partial charge >= 0.3 is 0 Å². The van der Waals surface area contributed by atoms with Gasteiger partial charge in [0.25, 0.3) is 5.91 Å². The second kappa shape index (κ2) is 7.85. The Balaban J connectivity index is 1.74. The van der Waals surface area contributed by atoms with Crippen LogP contribution in [-0.2, 0) is 9.59 Å². The molecule has 2 N–H and O–H groups in total. The Bertz CT molecular complexity index is 651. The molecule has 0 aromatic heterocycles. The fourth-order valence-corrected chi connectivity index (χ4v) is 2.49. The SMILES string of the molecule is CN1C[C@@H](NC(=O)CCNC(=O)c2ccc(F)cc2F)CCC1=O. The molecule has 1 fully saturated rings. The van der Waals surface area contributed by atoms with E-state index < -0.39 is 17.5 Å². The molecular formula is C16H19F2N3O3. The van der Waals surface area contributed by atoms with Gasteiger partial charge in [0.15, 0.2) is 0 Å². The van der Waals surface area contributed by atoms with Gasteiger partial charge < -0.3 is 15.5 Å². The summed E-state index contributed by atoms with van der Waals surface area (Å²) in [4.78, 5) is 36.5. The lowest BCUT2D eigenvalue weighted by molar-refractivity contribution is -0.134. The minimum Gasteiger partial charge on any atom is -0.352 e. The molecule has 0 bridgehead atoms. The first kappa shape index (κ1) is 17.8. The molecule has 0 aliphatic carbocycles. The molecule has 1 saturated heterocycles. The number of rotatable bonds is 5. The van der Waals surface area contributed by atoms with Gasteiger partial charge in [-0.3, -0.25) is 14.4 Å². The Labute approximate surface area is 138 Å². The van der Waals surface area contributed by atoms with Crippen LogP contribution in [0.4, 0.5) is 8.78 Å². The van der Waals surface area contributed by atoms with Gasteiger partial charge in [0.05, 0.1) is 5.56 Å². The first-order valence-electron chi connectivity index (χ1n) is 7.63. The Morgan fingerprint density at radius 3 is 2.75 bits per heavy atom. The number of piperidine rings is 1. The van der Waals surface area contributed by atoms with Crippen LogP contribution in [0.5, 0.6) is 0 Å². The summed E-state index contributed by atoms with van der Waals surface area (Å²) in [6.45, 7) is 0.487. The first-order valence-corrected chi connectivity index (χ1v) is 7.63. The molecule has 0 unspecified atom stereocenters. The zero-order valence-corrected chi connectivity index (χ0v) is 13.3. The number of nitrogens with zero attached hydrogens (tertiary/aromatic N) is 1. The van der Waals surface area contributed by atoms with Crippen molar-refractivity contribution in [3.8, 4) is 0 Å². The van der Waals surface area contributed by atoms with Crippen molar-refractivity contribution in [2.24, 2.45) is 0 Å². The van der Waals surface area contributed by atoms with E-state index >= 15 is 0 Å². The van der Waals surface area contributed by atoms with Crippen LogP contribution in [-0.4, -0.2) is 48.8 Å². The number of carbonyl (C=O) groups excluding carboxylic acids is 3. The second-order valence-corrected chi connectivity index (χ2v) is 5.71. The first-order chi connectivity index (χ1) is 11.4. The van der Waals surface area contributed by atoms with E-state index in [2.05, 4.69) is 10.6 Å². The minimum absolute atomic E-state index is 0.0305. The number of nitrogens with one attached hydrogen (secondary N) is 2. The van der Waals surface area contributed by atoms with Crippen LogP contribution in [0.25, 0.3) is 0 Å². The summed E-state index contributed by atoms with van der Waals surface area (Å²) in [5.41, 5.74) is -0.274. The number of amides is 3. The maximum Gasteiger partial charge on any atom is 0.254 e. The minimum atomic E-state index is -0.952. The number of carbonyl (C=O) groups is 3. The van der Waals surface area contributed by atoms with Crippen molar-refractivity contribution in [2.75, 3.05) is 20.1 Å². The number of benzene rings is 1. The van der Waals surface area contributed by atoms with Gasteiger partial charge in [-0.2, -0.15) is 0 Å². The fourth-order valence-electron chi connectivity index (χ4n) is 2.49. The molecule has 1 heterocycles. The second-order valence-electron chi connectivity index (χ2n) is 5.71. The van der Waals surface area contributed by atoms with E-state index in [0.29, 0.717) is 25.5 Å². The molecule has 2 rings (SSSR count). The normalized spacial score (nSPS) is 17.5. The van der Waals surface area contributed by atoms with E-state index in [-0.39, 0.29) is 36.4 Å². The highest BCUT2D eigenvalue weighted by molar-refractivity contribution is 5.94. The highest BCUT2D eigenvalue weighted by atomic mass is 19.1. The van der Waals surface area contributed by atoms with Gasteiger partial charge in [-0.25, -0.2) is 8.78 Å². The van der Waals surface area contributed by atoms with E-state index in [0.717, 1.165) is 12.1 Å². The van der Waals surface area contributed by atoms with Crippen LogP contribution < -0.4 is 10.6 Å². The monoisotopic (exact) mass is 339 g/mol. The highest BCUT2D eigenvalue weighted by Gasteiger charge is 2.23. The summed E-state index contributed by atoms with van der Waals surface area (Å²) >= 11 is 0. The smallest absolute Gasteiger partial charge is 0.254 e. The summed E-state index contributed by atoms with van der Waals surface area (Å²) in [5.74, 6) is -2.63. The zero-order valence-electron chi connectivity index (χ0n) is 13.3. The molecule has 8 heteroatoms. The molecule has 1 aromatic carbocycles. The molecule has 0 spiro atoms. The average molecular weight is 339 g/mol. The van der Waals surface area contributed by atoms with E-state index in [4.69, 9.17) is 0 Å². The molecule has 6 nitrogen and oxygen atoms in total. The highest BCUT2D eigenvalue weighted by Crippen LogP contribution is 2.10. The van der Waals surface area contributed by atoms with Gasteiger partial charge in [0.2, 0.25) is 11.8 Å². The lowest BCUT2D eigenvalue weighted by atomic mass is 10.1. The number of likely N-dealkylation sites (tertiary alicyclic amines) is 1.